The maximum Gasteiger partial charge on any atom is 0.132 e. The Hall–Kier alpha value is -1.09. The summed E-state index contributed by atoms with van der Waals surface area (Å²) < 4.78 is 18.8. The lowest BCUT2D eigenvalue weighted by Gasteiger charge is -2.09. The Morgan fingerprint density at radius 3 is 2.69 bits per heavy atom. The van der Waals surface area contributed by atoms with Crippen molar-refractivity contribution in [2.45, 2.75) is 39.2 Å². The molecule has 0 amide bonds. The molecule has 0 aliphatic heterocycles. The molecule has 0 aliphatic carbocycles. The summed E-state index contributed by atoms with van der Waals surface area (Å²) >= 11 is 0. The number of unbranched alkanes of at least 4 members (excludes halogenated alkanes) is 2. The topological polar surface area (TPSA) is 29.5 Å². The summed E-state index contributed by atoms with van der Waals surface area (Å²) in [5.74, 6) is 0.112. The molecule has 0 fully saturated rings. The van der Waals surface area contributed by atoms with Crippen molar-refractivity contribution in [3.63, 3.8) is 0 Å². The van der Waals surface area contributed by atoms with Crippen molar-refractivity contribution in [3.05, 3.63) is 29.6 Å². The van der Waals surface area contributed by atoms with E-state index in [4.69, 9.17) is 4.74 Å². The fourth-order valence-corrected chi connectivity index (χ4v) is 1.48. The summed E-state index contributed by atoms with van der Waals surface area (Å²) in [4.78, 5) is 0. The van der Waals surface area contributed by atoms with Gasteiger partial charge in [-0.05, 0) is 25.5 Å². The lowest BCUT2D eigenvalue weighted by molar-refractivity contribution is 0.194. The van der Waals surface area contributed by atoms with E-state index in [2.05, 4.69) is 6.92 Å². The second-order valence-electron chi connectivity index (χ2n) is 3.91. The number of benzene rings is 1. The number of aliphatic hydroxyl groups excluding tert-OH is 1. The molecule has 1 N–H and O–H groups in total. The molecule has 0 radical (unpaired) electrons. The van der Waals surface area contributed by atoms with Crippen LogP contribution in [0, 0.1) is 5.82 Å². The minimum absolute atomic E-state index is 0.306. The van der Waals surface area contributed by atoms with Gasteiger partial charge in [-0.3, -0.25) is 0 Å². The maximum atomic E-state index is 13.4. The van der Waals surface area contributed by atoms with Gasteiger partial charge in [-0.1, -0.05) is 19.8 Å². The average Bonchev–Trinajstić information content (AvgIpc) is 2.24. The van der Waals surface area contributed by atoms with Gasteiger partial charge < -0.3 is 9.84 Å². The van der Waals surface area contributed by atoms with E-state index < -0.39 is 11.9 Å². The quantitative estimate of drug-likeness (QED) is 0.753. The highest BCUT2D eigenvalue weighted by Crippen LogP contribution is 2.21. The van der Waals surface area contributed by atoms with Gasteiger partial charge >= 0.3 is 0 Å². The van der Waals surface area contributed by atoms with Crippen LogP contribution in [-0.2, 0) is 0 Å². The van der Waals surface area contributed by atoms with Crippen molar-refractivity contribution in [2.75, 3.05) is 6.61 Å². The van der Waals surface area contributed by atoms with Gasteiger partial charge in [0.1, 0.15) is 11.6 Å². The van der Waals surface area contributed by atoms with Crippen molar-refractivity contribution >= 4 is 0 Å². The SMILES string of the molecule is CCCCCOc1ccc([C@H](C)O)c(F)c1. The summed E-state index contributed by atoms with van der Waals surface area (Å²) in [6, 6.07) is 4.58. The van der Waals surface area contributed by atoms with Crippen LogP contribution in [0.2, 0.25) is 0 Å². The standard InChI is InChI=1S/C13H19FO2/c1-3-4-5-8-16-11-6-7-12(10(2)15)13(14)9-11/h6-7,9-10,15H,3-5,8H2,1-2H3/t10-/m0/s1. The Bertz CT molecular complexity index is 324. The summed E-state index contributed by atoms with van der Waals surface area (Å²) in [5.41, 5.74) is 0.306. The van der Waals surface area contributed by atoms with Gasteiger partial charge in [-0.15, -0.1) is 0 Å². The van der Waals surface area contributed by atoms with E-state index in [1.54, 1.807) is 19.1 Å². The molecule has 90 valence electrons. The lowest BCUT2D eigenvalue weighted by atomic mass is 10.1. The second kappa shape index (κ2) is 6.48. The van der Waals surface area contributed by atoms with Gasteiger partial charge in [-0.25, -0.2) is 4.39 Å². The number of halogens is 1. The highest BCUT2D eigenvalue weighted by Gasteiger charge is 2.08. The van der Waals surface area contributed by atoms with Crippen LogP contribution in [0.5, 0.6) is 5.75 Å². The third-order valence-corrected chi connectivity index (χ3v) is 2.44. The third-order valence-electron chi connectivity index (χ3n) is 2.44. The van der Waals surface area contributed by atoms with E-state index in [1.165, 1.54) is 6.07 Å². The van der Waals surface area contributed by atoms with E-state index in [1.807, 2.05) is 0 Å². The summed E-state index contributed by atoms with van der Waals surface area (Å²) in [6.45, 7) is 4.28. The van der Waals surface area contributed by atoms with E-state index in [0.717, 1.165) is 19.3 Å². The number of aliphatic hydroxyl groups is 1. The number of rotatable bonds is 6. The fourth-order valence-electron chi connectivity index (χ4n) is 1.48. The van der Waals surface area contributed by atoms with Gasteiger partial charge in [0.25, 0.3) is 0 Å². The molecule has 1 aromatic rings. The van der Waals surface area contributed by atoms with Crippen LogP contribution in [0.25, 0.3) is 0 Å². The molecule has 0 aliphatic rings. The van der Waals surface area contributed by atoms with Crippen molar-refractivity contribution in [1.29, 1.82) is 0 Å². The van der Waals surface area contributed by atoms with Gasteiger partial charge in [0.2, 0.25) is 0 Å². The molecule has 1 aromatic carbocycles. The minimum Gasteiger partial charge on any atom is -0.493 e. The maximum absolute atomic E-state index is 13.4. The van der Waals surface area contributed by atoms with Crippen molar-refractivity contribution in [1.82, 2.24) is 0 Å². The van der Waals surface area contributed by atoms with Crippen LogP contribution in [0.4, 0.5) is 4.39 Å². The molecule has 2 nitrogen and oxygen atoms in total. The average molecular weight is 226 g/mol. The Morgan fingerprint density at radius 2 is 2.12 bits per heavy atom. The predicted molar refractivity (Wildman–Crippen MR) is 62.1 cm³/mol. The molecule has 3 heteroatoms. The molecule has 0 saturated heterocycles. The molecule has 0 saturated carbocycles. The molecule has 1 atom stereocenters. The van der Waals surface area contributed by atoms with Crippen LogP contribution < -0.4 is 4.74 Å². The van der Waals surface area contributed by atoms with Crippen LogP contribution >= 0.6 is 0 Å². The minimum atomic E-state index is -0.783. The highest BCUT2D eigenvalue weighted by atomic mass is 19.1. The van der Waals surface area contributed by atoms with Crippen LogP contribution in [0.15, 0.2) is 18.2 Å². The van der Waals surface area contributed by atoms with E-state index in [-0.39, 0.29) is 0 Å². The normalized spacial score (nSPS) is 12.5. The largest absolute Gasteiger partial charge is 0.493 e. The smallest absolute Gasteiger partial charge is 0.132 e. The van der Waals surface area contributed by atoms with Crippen molar-refractivity contribution in [2.24, 2.45) is 0 Å². The Labute approximate surface area is 96.1 Å². The van der Waals surface area contributed by atoms with Crippen LogP contribution in [-0.4, -0.2) is 11.7 Å². The van der Waals surface area contributed by atoms with E-state index >= 15 is 0 Å². The highest BCUT2D eigenvalue weighted by molar-refractivity contribution is 5.29. The van der Waals surface area contributed by atoms with Crippen molar-refractivity contribution in [3.8, 4) is 5.75 Å². The first kappa shape index (κ1) is 13.0. The first-order chi connectivity index (χ1) is 7.65. The van der Waals surface area contributed by atoms with E-state index in [0.29, 0.717) is 17.9 Å². The van der Waals surface area contributed by atoms with Crippen LogP contribution in [0.1, 0.15) is 44.8 Å². The lowest BCUT2D eigenvalue weighted by Crippen LogP contribution is -2.00. The van der Waals surface area contributed by atoms with Crippen LogP contribution in [0.3, 0.4) is 0 Å². The Balaban J connectivity index is 2.53. The van der Waals surface area contributed by atoms with Gasteiger partial charge in [0.05, 0.1) is 12.7 Å². The summed E-state index contributed by atoms with van der Waals surface area (Å²) in [7, 11) is 0. The number of hydrogen-bond acceptors (Lipinski definition) is 2. The molecule has 0 spiro atoms. The molecule has 16 heavy (non-hydrogen) atoms. The van der Waals surface area contributed by atoms with Gasteiger partial charge in [0.15, 0.2) is 0 Å². The molecule has 0 bridgehead atoms. The number of hydrogen-bond donors (Lipinski definition) is 1. The molecular weight excluding hydrogens is 207 g/mol. The molecule has 1 rings (SSSR count). The zero-order chi connectivity index (χ0) is 12.0. The molecular formula is C13H19FO2. The summed E-state index contributed by atoms with van der Waals surface area (Å²) in [6.07, 6.45) is 2.46. The molecule has 0 aromatic heterocycles. The molecule has 0 heterocycles. The van der Waals surface area contributed by atoms with Gasteiger partial charge in [-0.2, -0.15) is 0 Å². The fraction of sp³-hybridized carbons (Fsp3) is 0.538. The monoisotopic (exact) mass is 226 g/mol. The second-order valence-corrected chi connectivity index (χ2v) is 3.91. The predicted octanol–water partition coefficient (Wildman–Crippen LogP) is 3.45. The van der Waals surface area contributed by atoms with E-state index in [9.17, 15) is 9.50 Å². The number of ether oxygens (including phenoxy) is 1. The zero-order valence-corrected chi connectivity index (χ0v) is 9.87. The zero-order valence-electron chi connectivity index (χ0n) is 9.87. The Kier molecular flexibility index (Phi) is 5.26. The van der Waals surface area contributed by atoms with Gasteiger partial charge in [0, 0.05) is 11.6 Å². The first-order valence-electron chi connectivity index (χ1n) is 5.75. The third kappa shape index (κ3) is 3.81. The summed E-state index contributed by atoms with van der Waals surface area (Å²) in [5, 5.41) is 9.26. The van der Waals surface area contributed by atoms with Crippen molar-refractivity contribution < 1.29 is 14.2 Å². The first-order valence-corrected chi connectivity index (χ1v) is 5.75. The molecule has 0 unspecified atom stereocenters. The Morgan fingerprint density at radius 1 is 1.38 bits per heavy atom.